The lowest BCUT2D eigenvalue weighted by atomic mass is 10.1. The van der Waals surface area contributed by atoms with Crippen LogP contribution in [0.2, 0.25) is 0 Å². The van der Waals surface area contributed by atoms with Crippen molar-refractivity contribution in [1.82, 2.24) is 0 Å². The highest BCUT2D eigenvalue weighted by Gasteiger charge is 1.97. The van der Waals surface area contributed by atoms with Crippen molar-refractivity contribution in [1.29, 1.82) is 0 Å². The summed E-state index contributed by atoms with van der Waals surface area (Å²) in [4.78, 5) is 10.9. The number of hydrogen-bond acceptors (Lipinski definition) is 2. The molecule has 0 aliphatic heterocycles. The van der Waals surface area contributed by atoms with Crippen LogP contribution in [0.5, 0.6) is 0 Å². The summed E-state index contributed by atoms with van der Waals surface area (Å²) in [6.07, 6.45) is 17.6. The van der Waals surface area contributed by atoms with Crippen molar-refractivity contribution in [2.75, 3.05) is 7.11 Å². The van der Waals surface area contributed by atoms with E-state index in [0.29, 0.717) is 6.42 Å². The summed E-state index contributed by atoms with van der Waals surface area (Å²) in [7, 11) is 1.44. The van der Waals surface area contributed by atoms with Crippen molar-refractivity contribution in [2.24, 2.45) is 0 Å². The van der Waals surface area contributed by atoms with Crippen molar-refractivity contribution >= 4 is 5.97 Å². The molecule has 0 bridgehead atoms. The maximum absolute atomic E-state index is 10.9. The first-order valence-electron chi connectivity index (χ1n) is 8.48. The van der Waals surface area contributed by atoms with Crippen LogP contribution in [0.1, 0.15) is 84.0 Å². The van der Waals surface area contributed by atoms with Gasteiger partial charge in [-0.05, 0) is 32.1 Å². The zero-order valence-electron chi connectivity index (χ0n) is 14.0. The summed E-state index contributed by atoms with van der Waals surface area (Å²) < 4.78 is 4.60. The third-order valence-electron chi connectivity index (χ3n) is 3.36. The van der Waals surface area contributed by atoms with Crippen LogP contribution in [0.4, 0.5) is 0 Å². The molecule has 2 heteroatoms. The average molecular weight is 292 g/mol. The molecule has 0 aliphatic carbocycles. The summed E-state index contributed by atoms with van der Waals surface area (Å²) in [5.41, 5.74) is 0. The van der Waals surface area contributed by atoms with Gasteiger partial charge in [-0.1, -0.05) is 44.8 Å². The average Bonchev–Trinajstić information content (AvgIpc) is 2.50. The summed E-state index contributed by atoms with van der Waals surface area (Å²) in [6.45, 7) is 2.24. The minimum absolute atomic E-state index is 0.107. The zero-order chi connectivity index (χ0) is 15.6. The Morgan fingerprint density at radius 1 is 0.905 bits per heavy atom. The second-order valence-corrected chi connectivity index (χ2v) is 5.35. The number of esters is 1. The van der Waals surface area contributed by atoms with Crippen LogP contribution < -0.4 is 0 Å². The van der Waals surface area contributed by atoms with Gasteiger partial charge in [-0.25, -0.2) is 0 Å². The maximum Gasteiger partial charge on any atom is 0.305 e. The summed E-state index contributed by atoms with van der Waals surface area (Å²) in [5.74, 6) is 6.39. The van der Waals surface area contributed by atoms with Crippen molar-refractivity contribution < 1.29 is 9.53 Å². The molecule has 0 aromatic heterocycles. The molecule has 0 saturated heterocycles. The quantitative estimate of drug-likeness (QED) is 0.208. The van der Waals surface area contributed by atoms with Gasteiger partial charge < -0.3 is 4.74 Å². The van der Waals surface area contributed by atoms with Crippen molar-refractivity contribution in [3.63, 3.8) is 0 Å². The van der Waals surface area contributed by atoms with Gasteiger partial charge in [0.2, 0.25) is 0 Å². The first-order chi connectivity index (χ1) is 10.3. The fraction of sp³-hybridized carbons (Fsp3) is 0.737. The molecule has 0 aliphatic rings. The Labute approximate surface area is 131 Å². The number of ether oxygens (including phenoxy) is 1. The van der Waals surface area contributed by atoms with E-state index in [0.717, 1.165) is 38.5 Å². The third-order valence-corrected chi connectivity index (χ3v) is 3.36. The first kappa shape index (κ1) is 19.8. The molecule has 0 N–H and O–H groups in total. The SMILES string of the molecule is CCCCCCCC#CCC/C=C\CCCCC(=O)OC. The Bertz CT molecular complexity index is 320. The van der Waals surface area contributed by atoms with Crippen LogP contribution in [0.25, 0.3) is 0 Å². The zero-order valence-corrected chi connectivity index (χ0v) is 14.0. The van der Waals surface area contributed by atoms with Gasteiger partial charge in [-0.3, -0.25) is 4.79 Å². The highest BCUT2D eigenvalue weighted by molar-refractivity contribution is 5.68. The molecular formula is C19H32O2. The largest absolute Gasteiger partial charge is 0.469 e. The van der Waals surface area contributed by atoms with E-state index < -0.39 is 0 Å². The lowest BCUT2D eigenvalue weighted by Gasteiger charge is -1.96. The molecule has 0 aromatic carbocycles. The predicted octanol–water partition coefficient (Wildman–Crippen LogP) is 5.42. The lowest BCUT2D eigenvalue weighted by Crippen LogP contribution is -1.98. The van der Waals surface area contributed by atoms with Gasteiger partial charge in [0.15, 0.2) is 0 Å². The van der Waals surface area contributed by atoms with Crippen LogP contribution in [-0.4, -0.2) is 13.1 Å². The van der Waals surface area contributed by atoms with E-state index in [1.165, 1.54) is 39.2 Å². The van der Waals surface area contributed by atoms with Gasteiger partial charge in [0.1, 0.15) is 0 Å². The Kier molecular flexibility index (Phi) is 15.8. The standard InChI is InChI=1S/C19H32O2/c1-3-4-5-6-7-8-9-10-11-12-13-14-15-16-17-18-19(20)21-2/h13-14H,3-8,11-12,15-18H2,1-2H3/b14-13-. The van der Waals surface area contributed by atoms with Crippen molar-refractivity contribution in [3.8, 4) is 11.8 Å². The van der Waals surface area contributed by atoms with Crippen molar-refractivity contribution in [3.05, 3.63) is 12.2 Å². The molecule has 21 heavy (non-hydrogen) atoms. The van der Waals surface area contributed by atoms with Gasteiger partial charge in [0, 0.05) is 19.3 Å². The highest BCUT2D eigenvalue weighted by atomic mass is 16.5. The minimum atomic E-state index is -0.107. The Morgan fingerprint density at radius 3 is 2.38 bits per heavy atom. The van der Waals surface area contributed by atoms with Gasteiger partial charge in [-0.15, -0.1) is 11.8 Å². The molecule has 0 unspecified atom stereocenters. The van der Waals surface area contributed by atoms with Gasteiger partial charge in [0.05, 0.1) is 7.11 Å². The van der Waals surface area contributed by atoms with E-state index >= 15 is 0 Å². The monoisotopic (exact) mass is 292 g/mol. The summed E-state index contributed by atoms with van der Waals surface area (Å²) in [5, 5.41) is 0. The van der Waals surface area contributed by atoms with E-state index in [1.54, 1.807) is 0 Å². The molecule has 0 fully saturated rings. The lowest BCUT2D eigenvalue weighted by molar-refractivity contribution is -0.140. The van der Waals surface area contributed by atoms with E-state index in [9.17, 15) is 4.79 Å². The Morgan fingerprint density at radius 2 is 1.62 bits per heavy atom. The van der Waals surface area contributed by atoms with Crippen molar-refractivity contribution in [2.45, 2.75) is 84.0 Å². The normalized spacial score (nSPS) is 10.4. The number of rotatable bonds is 12. The van der Waals surface area contributed by atoms with Gasteiger partial charge >= 0.3 is 5.97 Å². The number of methoxy groups -OCH3 is 1. The van der Waals surface area contributed by atoms with Crippen LogP contribution in [0.15, 0.2) is 12.2 Å². The number of hydrogen-bond donors (Lipinski definition) is 0. The molecule has 2 nitrogen and oxygen atoms in total. The molecule has 0 amide bonds. The van der Waals surface area contributed by atoms with E-state index in [-0.39, 0.29) is 5.97 Å². The van der Waals surface area contributed by atoms with Gasteiger partial charge in [0.25, 0.3) is 0 Å². The topological polar surface area (TPSA) is 26.3 Å². The summed E-state index contributed by atoms with van der Waals surface area (Å²) in [6, 6.07) is 0. The number of allylic oxidation sites excluding steroid dienone is 2. The van der Waals surface area contributed by atoms with Gasteiger partial charge in [-0.2, -0.15) is 0 Å². The molecule has 0 spiro atoms. The molecule has 0 atom stereocenters. The number of unbranched alkanes of at least 4 members (excludes halogenated alkanes) is 8. The first-order valence-corrected chi connectivity index (χ1v) is 8.48. The van der Waals surface area contributed by atoms with Crippen LogP contribution >= 0.6 is 0 Å². The molecule has 0 radical (unpaired) electrons. The fourth-order valence-corrected chi connectivity index (χ4v) is 2.02. The van der Waals surface area contributed by atoms with E-state index in [1.807, 2.05) is 0 Å². The molecule has 0 aromatic rings. The number of carbonyl (C=O) groups is 1. The van der Waals surface area contributed by atoms with E-state index in [2.05, 4.69) is 35.7 Å². The van der Waals surface area contributed by atoms with E-state index in [4.69, 9.17) is 0 Å². The molecular weight excluding hydrogens is 260 g/mol. The fourth-order valence-electron chi connectivity index (χ4n) is 2.02. The molecule has 0 saturated carbocycles. The summed E-state index contributed by atoms with van der Waals surface area (Å²) >= 11 is 0. The third kappa shape index (κ3) is 16.7. The Hall–Kier alpha value is -1.23. The molecule has 120 valence electrons. The molecule has 0 rings (SSSR count). The number of carbonyl (C=O) groups excluding carboxylic acids is 1. The second kappa shape index (κ2) is 16.8. The smallest absolute Gasteiger partial charge is 0.305 e. The second-order valence-electron chi connectivity index (χ2n) is 5.35. The Balaban J connectivity index is 3.27. The predicted molar refractivity (Wildman–Crippen MR) is 90.0 cm³/mol. The van der Waals surface area contributed by atoms with Crippen LogP contribution in [-0.2, 0) is 9.53 Å². The minimum Gasteiger partial charge on any atom is -0.469 e. The molecule has 0 heterocycles. The maximum atomic E-state index is 10.9. The van der Waals surface area contributed by atoms with Crippen LogP contribution in [0, 0.1) is 11.8 Å². The van der Waals surface area contributed by atoms with Crippen LogP contribution in [0.3, 0.4) is 0 Å². The highest BCUT2D eigenvalue weighted by Crippen LogP contribution is 2.04.